The van der Waals surface area contributed by atoms with E-state index in [1.807, 2.05) is 0 Å². The standard InChI is InChI=1S/C14H24N2OS/c1-11(2)15-10-14(4-6-17-7-5-14)8-13-16-12(3)9-18-13/h9,11,15H,4-8,10H2,1-3H3. The fraction of sp³-hybridized carbons (Fsp3) is 0.786. The zero-order chi connectivity index (χ0) is 13.0. The van der Waals surface area contributed by atoms with Crippen molar-refractivity contribution >= 4 is 11.3 Å². The smallest absolute Gasteiger partial charge is 0.0934 e. The van der Waals surface area contributed by atoms with Gasteiger partial charge in [-0.2, -0.15) is 0 Å². The van der Waals surface area contributed by atoms with Crippen molar-refractivity contribution in [3.05, 3.63) is 16.1 Å². The summed E-state index contributed by atoms with van der Waals surface area (Å²) in [5.41, 5.74) is 1.49. The summed E-state index contributed by atoms with van der Waals surface area (Å²) >= 11 is 1.80. The van der Waals surface area contributed by atoms with Gasteiger partial charge in [-0.05, 0) is 25.2 Å². The Kier molecular flexibility index (Phi) is 4.76. The molecule has 0 aromatic carbocycles. The monoisotopic (exact) mass is 268 g/mol. The van der Waals surface area contributed by atoms with Crippen molar-refractivity contribution in [3.63, 3.8) is 0 Å². The zero-order valence-electron chi connectivity index (χ0n) is 11.7. The topological polar surface area (TPSA) is 34.1 Å². The van der Waals surface area contributed by atoms with Gasteiger partial charge in [-0.15, -0.1) is 11.3 Å². The Morgan fingerprint density at radius 3 is 2.72 bits per heavy atom. The van der Waals surface area contributed by atoms with E-state index >= 15 is 0 Å². The third-order valence-corrected chi connectivity index (χ3v) is 4.60. The molecule has 102 valence electrons. The van der Waals surface area contributed by atoms with E-state index < -0.39 is 0 Å². The molecule has 0 radical (unpaired) electrons. The molecule has 18 heavy (non-hydrogen) atoms. The molecule has 0 bridgehead atoms. The van der Waals surface area contributed by atoms with Crippen LogP contribution < -0.4 is 5.32 Å². The molecule has 0 spiro atoms. The van der Waals surface area contributed by atoms with Crippen LogP contribution in [0.2, 0.25) is 0 Å². The van der Waals surface area contributed by atoms with E-state index in [0.717, 1.165) is 44.7 Å². The van der Waals surface area contributed by atoms with Gasteiger partial charge >= 0.3 is 0 Å². The number of aryl methyl sites for hydroxylation is 1. The van der Waals surface area contributed by atoms with Crippen LogP contribution >= 0.6 is 11.3 Å². The minimum absolute atomic E-state index is 0.340. The van der Waals surface area contributed by atoms with E-state index in [-0.39, 0.29) is 0 Å². The molecule has 0 atom stereocenters. The first-order valence-electron chi connectivity index (χ1n) is 6.82. The molecule has 3 nitrogen and oxygen atoms in total. The lowest BCUT2D eigenvalue weighted by atomic mass is 9.77. The lowest BCUT2D eigenvalue weighted by molar-refractivity contribution is 0.0140. The van der Waals surface area contributed by atoms with Gasteiger partial charge in [0.15, 0.2) is 0 Å². The molecule has 2 heterocycles. The summed E-state index contributed by atoms with van der Waals surface area (Å²) in [5.74, 6) is 0. The maximum absolute atomic E-state index is 5.53. The van der Waals surface area contributed by atoms with Gasteiger partial charge in [-0.25, -0.2) is 4.98 Å². The normalized spacial score (nSPS) is 19.3. The molecule has 1 aliphatic heterocycles. The summed E-state index contributed by atoms with van der Waals surface area (Å²) in [4.78, 5) is 4.63. The van der Waals surface area contributed by atoms with Crippen molar-refractivity contribution in [2.75, 3.05) is 19.8 Å². The van der Waals surface area contributed by atoms with Gasteiger partial charge < -0.3 is 10.1 Å². The number of nitrogens with zero attached hydrogens (tertiary/aromatic N) is 1. The van der Waals surface area contributed by atoms with Gasteiger partial charge in [-0.1, -0.05) is 13.8 Å². The maximum atomic E-state index is 5.53. The van der Waals surface area contributed by atoms with E-state index in [2.05, 4.69) is 36.5 Å². The fourth-order valence-electron chi connectivity index (χ4n) is 2.45. The molecule has 1 aliphatic rings. The summed E-state index contributed by atoms with van der Waals surface area (Å²) in [7, 11) is 0. The van der Waals surface area contributed by atoms with Crippen LogP contribution in [-0.2, 0) is 11.2 Å². The first-order valence-corrected chi connectivity index (χ1v) is 7.70. The highest BCUT2D eigenvalue weighted by molar-refractivity contribution is 7.09. The molecule has 4 heteroatoms. The highest BCUT2D eigenvalue weighted by Gasteiger charge is 2.33. The first-order chi connectivity index (χ1) is 8.60. The van der Waals surface area contributed by atoms with Gasteiger partial charge in [0.25, 0.3) is 0 Å². The van der Waals surface area contributed by atoms with Crippen LogP contribution in [0.1, 0.15) is 37.4 Å². The quantitative estimate of drug-likeness (QED) is 0.891. The number of ether oxygens (including phenoxy) is 1. The average molecular weight is 268 g/mol. The van der Waals surface area contributed by atoms with Crippen LogP contribution in [0.5, 0.6) is 0 Å². The second kappa shape index (κ2) is 6.13. The van der Waals surface area contributed by atoms with E-state index in [1.54, 1.807) is 11.3 Å². The van der Waals surface area contributed by atoms with Crippen LogP contribution in [-0.4, -0.2) is 30.8 Å². The highest BCUT2D eigenvalue weighted by atomic mass is 32.1. The maximum Gasteiger partial charge on any atom is 0.0934 e. The second-order valence-corrected chi connectivity index (χ2v) is 6.65. The minimum atomic E-state index is 0.340. The molecule has 1 saturated heterocycles. The Bertz CT molecular complexity index is 370. The van der Waals surface area contributed by atoms with Crippen molar-refractivity contribution < 1.29 is 4.74 Å². The highest BCUT2D eigenvalue weighted by Crippen LogP contribution is 2.34. The number of thiazole rings is 1. The minimum Gasteiger partial charge on any atom is -0.381 e. The summed E-state index contributed by atoms with van der Waals surface area (Å²) < 4.78 is 5.53. The lowest BCUT2D eigenvalue weighted by Gasteiger charge is -2.37. The third-order valence-electron chi connectivity index (χ3n) is 3.63. The van der Waals surface area contributed by atoms with E-state index in [1.165, 1.54) is 5.01 Å². The van der Waals surface area contributed by atoms with Crippen LogP contribution in [0, 0.1) is 12.3 Å². The molecular weight excluding hydrogens is 244 g/mol. The van der Waals surface area contributed by atoms with E-state index in [4.69, 9.17) is 4.74 Å². The number of rotatable bonds is 5. The van der Waals surface area contributed by atoms with Crippen LogP contribution in [0.4, 0.5) is 0 Å². The van der Waals surface area contributed by atoms with Crippen LogP contribution in [0.3, 0.4) is 0 Å². The number of hydrogen-bond acceptors (Lipinski definition) is 4. The van der Waals surface area contributed by atoms with Crippen molar-refractivity contribution in [2.24, 2.45) is 5.41 Å². The predicted octanol–water partition coefficient (Wildman–Crippen LogP) is 2.79. The van der Waals surface area contributed by atoms with Gasteiger partial charge in [-0.3, -0.25) is 0 Å². The molecule has 0 amide bonds. The molecular formula is C14H24N2OS. The molecule has 0 saturated carbocycles. The Balaban J connectivity index is 2.03. The molecule has 2 rings (SSSR count). The number of aromatic nitrogens is 1. The van der Waals surface area contributed by atoms with E-state index in [9.17, 15) is 0 Å². The zero-order valence-corrected chi connectivity index (χ0v) is 12.5. The fourth-order valence-corrected chi connectivity index (χ4v) is 3.39. The molecule has 1 fully saturated rings. The van der Waals surface area contributed by atoms with E-state index in [0.29, 0.717) is 11.5 Å². The first kappa shape index (κ1) is 14.0. The Morgan fingerprint density at radius 2 is 2.17 bits per heavy atom. The SMILES string of the molecule is Cc1csc(CC2(CNC(C)C)CCOCC2)n1. The van der Waals surface area contributed by atoms with Crippen LogP contribution in [0.25, 0.3) is 0 Å². The number of nitrogens with one attached hydrogen (secondary N) is 1. The molecule has 0 aliphatic carbocycles. The molecule has 1 N–H and O–H groups in total. The molecule has 0 unspecified atom stereocenters. The Hall–Kier alpha value is -0.450. The predicted molar refractivity (Wildman–Crippen MR) is 76.2 cm³/mol. The summed E-state index contributed by atoms with van der Waals surface area (Å²) in [6.45, 7) is 9.35. The van der Waals surface area contributed by atoms with Gasteiger partial charge in [0.05, 0.1) is 5.01 Å². The summed E-state index contributed by atoms with van der Waals surface area (Å²) in [6.07, 6.45) is 3.38. The third kappa shape index (κ3) is 3.77. The largest absolute Gasteiger partial charge is 0.381 e. The second-order valence-electron chi connectivity index (χ2n) is 5.71. The Labute approximate surface area is 114 Å². The summed E-state index contributed by atoms with van der Waals surface area (Å²) in [6, 6.07) is 0.544. The van der Waals surface area contributed by atoms with Crippen molar-refractivity contribution in [2.45, 2.75) is 46.1 Å². The van der Waals surface area contributed by atoms with Gasteiger partial charge in [0, 0.05) is 43.3 Å². The number of hydrogen-bond donors (Lipinski definition) is 1. The van der Waals surface area contributed by atoms with Gasteiger partial charge in [0.2, 0.25) is 0 Å². The molecule has 1 aromatic rings. The van der Waals surface area contributed by atoms with Crippen molar-refractivity contribution in [3.8, 4) is 0 Å². The Morgan fingerprint density at radius 1 is 1.44 bits per heavy atom. The average Bonchev–Trinajstić information content (AvgIpc) is 2.73. The molecule has 1 aromatic heterocycles. The van der Waals surface area contributed by atoms with Crippen LogP contribution in [0.15, 0.2) is 5.38 Å². The van der Waals surface area contributed by atoms with Crippen molar-refractivity contribution in [1.82, 2.24) is 10.3 Å². The lowest BCUT2D eigenvalue weighted by Crippen LogP contribution is -2.42. The summed E-state index contributed by atoms with van der Waals surface area (Å²) in [5, 5.41) is 7.03. The van der Waals surface area contributed by atoms with Crippen molar-refractivity contribution in [1.29, 1.82) is 0 Å². The van der Waals surface area contributed by atoms with Gasteiger partial charge in [0.1, 0.15) is 0 Å².